The highest BCUT2D eigenvalue weighted by Crippen LogP contribution is 2.23. The van der Waals surface area contributed by atoms with E-state index < -0.39 is 29.8 Å². The first-order valence-corrected chi connectivity index (χ1v) is 11.0. The van der Waals surface area contributed by atoms with Crippen molar-refractivity contribution in [1.82, 2.24) is 29.7 Å². The van der Waals surface area contributed by atoms with Crippen molar-refractivity contribution < 1.29 is 18.4 Å². The molecular formula is C21H23ClF2N8O2. The first-order chi connectivity index (χ1) is 16.4. The standard InChI is InChI=1S/C21H23ClF2N8O2/c22-14-3-1-2-12(17(14)24)7-27-21(34)15-6-13(23)8-32(15)16(33)9-31-11-30-18-19(26-5-4-25)28-10-29-20(18)31/h1-3,10-11,13,15H,4-9,25H2,(H,27,34)(H,26,28,29)/t13-,15+/m1/s1. The highest BCUT2D eigenvalue weighted by molar-refractivity contribution is 6.30. The number of hydrogen-bond donors (Lipinski definition) is 3. The van der Waals surface area contributed by atoms with E-state index in [2.05, 4.69) is 25.6 Å². The van der Waals surface area contributed by atoms with Gasteiger partial charge in [0.2, 0.25) is 11.8 Å². The lowest BCUT2D eigenvalue weighted by Crippen LogP contribution is -2.46. The van der Waals surface area contributed by atoms with E-state index in [1.165, 1.54) is 34.3 Å². The van der Waals surface area contributed by atoms with Gasteiger partial charge in [-0.2, -0.15) is 0 Å². The monoisotopic (exact) mass is 492 g/mol. The van der Waals surface area contributed by atoms with Gasteiger partial charge in [0.25, 0.3) is 0 Å². The number of rotatable bonds is 8. The van der Waals surface area contributed by atoms with Crippen LogP contribution in [0.2, 0.25) is 5.02 Å². The number of anilines is 1. The summed E-state index contributed by atoms with van der Waals surface area (Å²) in [6.07, 6.45) is 1.28. The number of hydrogen-bond acceptors (Lipinski definition) is 7. The van der Waals surface area contributed by atoms with E-state index in [9.17, 15) is 18.4 Å². The molecule has 0 bridgehead atoms. The van der Waals surface area contributed by atoms with Crippen LogP contribution in [0.5, 0.6) is 0 Å². The zero-order valence-electron chi connectivity index (χ0n) is 18.0. The van der Waals surface area contributed by atoms with Crippen LogP contribution >= 0.6 is 11.6 Å². The second kappa shape index (κ2) is 10.3. The van der Waals surface area contributed by atoms with Crippen LogP contribution in [0, 0.1) is 5.82 Å². The lowest BCUT2D eigenvalue weighted by atomic mass is 10.1. The van der Waals surface area contributed by atoms with Gasteiger partial charge in [0.15, 0.2) is 11.5 Å². The Kier molecular flexibility index (Phi) is 7.17. The summed E-state index contributed by atoms with van der Waals surface area (Å²) in [5.41, 5.74) is 6.58. The number of halogens is 3. The molecule has 2 atom stereocenters. The largest absolute Gasteiger partial charge is 0.367 e. The van der Waals surface area contributed by atoms with Gasteiger partial charge >= 0.3 is 0 Å². The normalized spacial score (nSPS) is 17.8. The Balaban J connectivity index is 1.45. The van der Waals surface area contributed by atoms with E-state index in [4.69, 9.17) is 17.3 Å². The number of nitrogens with zero attached hydrogens (tertiary/aromatic N) is 5. The molecule has 34 heavy (non-hydrogen) atoms. The summed E-state index contributed by atoms with van der Waals surface area (Å²) in [5.74, 6) is -1.19. The second-order valence-electron chi connectivity index (χ2n) is 7.81. The quantitative estimate of drug-likeness (QED) is 0.431. The van der Waals surface area contributed by atoms with Gasteiger partial charge in [-0.15, -0.1) is 0 Å². The number of aromatic nitrogens is 4. The van der Waals surface area contributed by atoms with Crippen LogP contribution in [0.4, 0.5) is 14.6 Å². The van der Waals surface area contributed by atoms with Crippen LogP contribution in [0.3, 0.4) is 0 Å². The molecule has 0 spiro atoms. The smallest absolute Gasteiger partial charge is 0.243 e. The Morgan fingerprint density at radius 2 is 2.09 bits per heavy atom. The van der Waals surface area contributed by atoms with Gasteiger partial charge in [-0.3, -0.25) is 9.59 Å². The van der Waals surface area contributed by atoms with Crippen molar-refractivity contribution in [2.24, 2.45) is 5.73 Å². The Hall–Kier alpha value is -3.38. The molecule has 0 radical (unpaired) electrons. The fourth-order valence-electron chi connectivity index (χ4n) is 3.85. The molecule has 180 valence electrons. The van der Waals surface area contributed by atoms with Crippen molar-refractivity contribution in [3.8, 4) is 0 Å². The first-order valence-electron chi connectivity index (χ1n) is 10.6. The topological polar surface area (TPSA) is 131 Å². The summed E-state index contributed by atoms with van der Waals surface area (Å²) in [6, 6.07) is 3.43. The summed E-state index contributed by atoms with van der Waals surface area (Å²) < 4.78 is 29.8. The van der Waals surface area contributed by atoms with Crippen LogP contribution in [-0.4, -0.2) is 68.1 Å². The number of imidazole rings is 1. The molecule has 2 amide bonds. The van der Waals surface area contributed by atoms with Crippen molar-refractivity contribution in [1.29, 1.82) is 0 Å². The average Bonchev–Trinajstić information content (AvgIpc) is 3.42. The fraction of sp³-hybridized carbons (Fsp3) is 0.381. The molecular weight excluding hydrogens is 470 g/mol. The minimum Gasteiger partial charge on any atom is -0.367 e. The van der Waals surface area contributed by atoms with Gasteiger partial charge < -0.3 is 25.8 Å². The number of carbonyl (C=O) groups is 2. The molecule has 0 aliphatic carbocycles. The van der Waals surface area contributed by atoms with E-state index in [1.54, 1.807) is 6.07 Å². The predicted molar refractivity (Wildman–Crippen MR) is 121 cm³/mol. The highest BCUT2D eigenvalue weighted by Gasteiger charge is 2.39. The van der Waals surface area contributed by atoms with Gasteiger partial charge in [-0.25, -0.2) is 23.7 Å². The van der Waals surface area contributed by atoms with Crippen LogP contribution in [0.15, 0.2) is 30.9 Å². The van der Waals surface area contributed by atoms with E-state index in [1.807, 2.05) is 0 Å². The van der Waals surface area contributed by atoms with Gasteiger partial charge in [0.05, 0.1) is 17.9 Å². The summed E-state index contributed by atoms with van der Waals surface area (Å²) in [7, 11) is 0. The third kappa shape index (κ3) is 4.92. The summed E-state index contributed by atoms with van der Waals surface area (Å²) in [5, 5.41) is 5.55. The van der Waals surface area contributed by atoms with Gasteiger partial charge in [-0.1, -0.05) is 23.7 Å². The molecule has 4 N–H and O–H groups in total. The van der Waals surface area contributed by atoms with Crippen LogP contribution < -0.4 is 16.4 Å². The number of benzene rings is 1. The maximum Gasteiger partial charge on any atom is 0.243 e. The zero-order chi connectivity index (χ0) is 24.2. The van der Waals surface area contributed by atoms with Crippen molar-refractivity contribution in [2.75, 3.05) is 25.0 Å². The SMILES string of the molecule is NCCNc1ncnc2c1ncn2CC(=O)N1C[C@H](F)C[C@H]1C(=O)NCc1cccc(Cl)c1F. The number of likely N-dealkylation sites (tertiary alicyclic amines) is 1. The van der Waals surface area contributed by atoms with E-state index in [0.717, 1.165) is 0 Å². The molecule has 1 saturated heterocycles. The molecule has 2 aromatic heterocycles. The minimum atomic E-state index is -1.35. The maximum absolute atomic E-state index is 14.2. The Bertz CT molecular complexity index is 1210. The zero-order valence-corrected chi connectivity index (χ0v) is 18.8. The van der Waals surface area contributed by atoms with Crippen LogP contribution in [0.25, 0.3) is 11.2 Å². The predicted octanol–water partition coefficient (Wildman–Crippen LogP) is 1.24. The van der Waals surface area contributed by atoms with Gasteiger partial charge in [0.1, 0.15) is 36.4 Å². The van der Waals surface area contributed by atoms with Gasteiger partial charge in [-0.05, 0) is 6.07 Å². The number of nitrogens with two attached hydrogens (primary N) is 1. The molecule has 1 aliphatic rings. The number of carbonyl (C=O) groups excluding carboxylic acids is 2. The summed E-state index contributed by atoms with van der Waals surface area (Å²) >= 11 is 5.77. The Morgan fingerprint density at radius 1 is 1.26 bits per heavy atom. The van der Waals surface area contributed by atoms with E-state index in [-0.39, 0.29) is 36.6 Å². The highest BCUT2D eigenvalue weighted by atomic mass is 35.5. The summed E-state index contributed by atoms with van der Waals surface area (Å²) in [6.45, 7) is 0.343. The molecule has 0 unspecified atom stereocenters. The number of alkyl halides is 1. The van der Waals surface area contributed by atoms with Crippen molar-refractivity contribution in [3.63, 3.8) is 0 Å². The number of fused-ring (bicyclic) bond motifs is 1. The van der Waals surface area contributed by atoms with Crippen molar-refractivity contribution >= 4 is 40.4 Å². The Morgan fingerprint density at radius 3 is 2.88 bits per heavy atom. The summed E-state index contributed by atoms with van der Waals surface area (Å²) in [4.78, 5) is 39.5. The molecule has 1 fully saturated rings. The Labute approximate surface area is 198 Å². The van der Waals surface area contributed by atoms with Crippen molar-refractivity contribution in [3.05, 3.63) is 47.3 Å². The van der Waals surface area contributed by atoms with Crippen LogP contribution in [-0.2, 0) is 22.7 Å². The van der Waals surface area contributed by atoms with E-state index >= 15 is 0 Å². The maximum atomic E-state index is 14.2. The molecule has 1 aromatic carbocycles. The van der Waals surface area contributed by atoms with Crippen LogP contribution in [0.1, 0.15) is 12.0 Å². The third-order valence-corrected chi connectivity index (χ3v) is 5.79. The average molecular weight is 493 g/mol. The molecule has 1 aliphatic heterocycles. The van der Waals surface area contributed by atoms with Crippen molar-refractivity contribution in [2.45, 2.75) is 31.7 Å². The molecule has 0 saturated carbocycles. The number of amides is 2. The van der Waals surface area contributed by atoms with E-state index in [0.29, 0.717) is 30.1 Å². The molecule has 3 heterocycles. The van der Waals surface area contributed by atoms with Gasteiger partial charge in [0, 0.05) is 31.6 Å². The first kappa shape index (κ1) is 23.8. The lowest BCUT2D eigenvalue weighted by molar-refractivity contribution is -0.139. The molecule has 3 aromatic rings. The molecule has 13 heteroatoms. The number of nitrogens with one attached hydrogen (secondary N) is 2. The lowest BCUT2D eigenvalue weighted by Gasteiger charge is -2.24. The second-order valence-corrected chi connectivity index (χ2v) is 8.22. The minimum absolute atomic E-state index is 0.0639. The molecule has 4 rings (SSSR count). The third-order valence-electron chi connectivity index (χ3n) is 5.50. The molecule has 10 nitrogen and oxygen atoms in total. The fourth-order valence-corrected chi connectivity index (χ4v) is 4.04.